The number of halogens is 2. The van der Waals surface area contributed by atoms with Crippen molar-refractivity contribution in [1.29, 1.82) is 0 Å². The lowest BCUT2D eigenvalue weighted by molar-refractivity contribution is -0.144. The summed E-state index contributed by atoms with van der Waals surface area (Å²) in [6, 6.07) is 6.49. The first-order valence-electron chi connectivity index (χ1n) is 12.9. The second kappa shape index (κ2) is 11.8. The van der Waals surface area contributed by atoms with Gasteiger partial charge in [0.1, 0.15) is 5.60 Å². The summed E-state index contributed by atoms with van der Waals surface area (Å²) < 4.78 is 43.7. The molecule has 3 rings (SSSR count). The third kappa shape index (κ3) is 8.17. The summed E-state index contributed by atoms with van der Waals surface area (Å²) in [4.78, 5) is 42.2. The number of hydrogen-bond acceptors (Lipinski definition) is 6. The standard InChI is InChI=1S/C27H37ClFN3O6S/c1-18(10-15-39(5,36)37)30-24(34)27(29)11-13-31(14-12-27)23(33)21-17-32(25(35)38-26(2,3)4)16-20(21)19-8-6-7-9-22(19)28/h6-10,15,18,20-21H,11-14,16-17H2,1-5H3,(H,30,34)/b15-10-/t18-,20?,21?/m1/s1. The van der Waals surface area contributed by atoms with Crippen molar-refractivity contribution in [3.05, 3.63) is 46.3 Å². The summed E-state index contributed by atoms with van der Waals surface area (Å²) in [5, 5.41) is 3.94. The van der Waals surface area contributed by atoms with Crippen LogP contribution < -0.4 is 5.32 Å². The van der Waals surface area contributed by atoms with Crippen LogP contribution in [0, 0.1) is 5.92 Å². The molecule has 1 aromatic rings. The monoisotopic (exact) mass is 585 g/mol. The summed E-state index contributed by atoms with van der Waals surface area (Å²) in [7, 11) is -3.38. The molecule has 0 aliphatic carbocycles. The third-order valence-electron chi connectivity index (χ3n) is 6.84. The van der Waals surface area contributed by atoms with Gasteiger partial charge in [-0.25, -0.2) is 17.6 Å². The first-order chi connectivity index (χ1) is 18.0. The molecule has 2 saturated heterocycles. The lowest BCUT2D eigenvalue weighted by Gasteiger charge is -2.37. The lowest BCUT2D eigenvalue weighted by Crippen LogP contribution is -2.54. The molecule has 1 aromatic carbocycles. The van der Waals surface area contributed by atoms with Crippen molar-refractivity contribution in [2.24, 2.45) is 5.92 Å². The fourth-order valence-corrected chi connectivity index (χ4v) is 5.61. The van der Waals surface area contributed by atoms with Crippen molar-refractivity contribution in [2.45, 2.75) is 63.8 Å². The molecule has 12 heteroatoms. The van der Waals surface area contributed by atoms with Crippen LogP contribution in [0.5, 0.6) is 0 Å². The van der Waals surface area contributed by atoms with E-state index >= 15 is 4.39 Å². The van der Waals surface area contributed by atoms with E-state index in [1.165, 1.54) is 15.9 Å². The number of sulfone groups is 1. The number of carbonyl (C=O) groups is 3. The largest absolute Gasteiger partial charge is 0.444 e. The van der Waals surface area contributed by atoms with E-state index in [0.29, 0.717) is 5.02 Å². The summed E-state index contributed by atoms with van der Waals surface area (Å²) in [5.41, 5.74) is -2.14. The first kappa shape index (κ1) is 30.9. The molecule has 2 heterocycles. The number of nitrogens with one attached hydrogen (secondary N) is 1. The van der Waals surface area contributed by atoms with Gasteiger partial charge < -0.3 is 19.9 Å². The van der Waals surface area contributed by atoms with Crippen LogP contribution >= 0.6 is 11.6 Å². The Bertz CT molecular complexity index is 1220. The predicted octanol–water partition coefficient (Wildman–Crippen LogP) is 3.68. The first-order valence-corrected chi connectivity index (χ1v) is 15.2. The molecule has 2 unspecified atom stereocenters. The number of alkyl halides is 1. The fourth-order valence-electron chi connectivity index (χ4n) is 4.81. The third-order valence-corrected chi connectivity index (χ3v) is 7.84. The Morgan fingerprint density at radius 2 is 1.77 bits per heavy atom. The lowest BCUT2D eigenvalue weighted by atomic mass is 9.86. The van der Waals surface area contributed by atoms with Gasteiger partial charge in [0, 0.05) is 67.7 Å². The van der Waals surface area contributed by atoms with Crippen LogP contribution in [0.25, 0.3) is 0 Å². The van der Waals surface area contributed by atoms with Crippen molar-refractivity contribution in [1.82, 2.24) is 15.1 Å². The molecular formula is C27H37ClFN3O6S. The summed E-state index contributed by atoms with van der Waals surface area (Å²) in [6.45, 7) is 7.28. The minimum absolute atomic E-state index is 0.0223. The Morgan fingerprint density at radius 3 is 2.33 bits per heavy atom. The maximum atomic E-state index is 15.6. The number of benzene rings is 1. The zero-order valence-corrected chi connectivity index (χ0v) is 24.5. The van der Waals surface area contributed by atoms with Gasteiger partial charge in [0.25, 0.3) is 5.91 Å². The van der Waals surface area contributed by atoms with E-state index in [4.69, 9.17) is 16.3 Å². The van der Waals surface area contributed by atoms with E-state index in [2.05, 4.69) is 5.32 Å². The number of nitrogens with zero attached hydrogens (tertiary/aromatic N) is 2. The van der Waals surface area contributed by atoms with Gasteiger partial charge >= 0.3 is 6.09 Å². The minimum Gasteiger partial charge on any atom is -0.444 e. The number of likely N-dealkylation sites (tertiary alicyclic amines) is 2. The average molecular weight is 586 g/mol. The molecule has 3 amide bonds. The van der Waals surface area contributed by atoms with E-state index in [9.17, 15) is 22.8 Å². The number of rotatable bonds is 6. The van der Waals surface area contributed by atoms with Crippen LogP contribution in [0.4, 0.5) is 9.18 Å². The topological polar surface area (TPSA) is 113 Å². The van der Waals surface area contributed by atoms with Gasteiger partial charge in [-0.2, -0.15) is 0 Å². The van der Waals surface area contributed by atoms with Gasteiger partial charge in [0.15, 0.2) is 15.5 Å². The van der Waals surface area contributed by atoms with E-state index < -0.39 is 45.1 Å². The van der Waals surface area contributed by atoms with Crippen LogP contribution in [-0.4, -0.2) is 85.9 Å². The van der Waals surface area contributed by atoms with Crippen molar-refractivity contribution < 1.29 is 31.9 Å². The molecule has 0 saturated carbocycles. The zero-order valence-electron chi connectivity index (χ0n) is 22.9. The number of carbonyl (C=O) groups excluding carboxylic acids is 3. The quantitative estimate of drug-likeness (QED) is 0.545. The molecule has 0 bridgehead atoms. The number of amides is 3. The summed E-state index contributed by atoms with van der Waals surface area (Å²) in [5.74, 6) is -2.06. The average Bonchev–Trinajstić information content (AvgIpc) is 3.27. The number of piperidine rings is 1. The zero-order chi connectivity index (χ0) is 29.2. The highest BCUT2D eigenvalue weighted by Crippen LogP contribution is 2.39. The van der Waals surface area contributed by atoms with Crippen LogP contribution in [0.15, 0.2) is 35.7 Å². The van der Waals surface area contributed by atoms with Crippen LogP contribution in [0.1, 0.15) is 52.0 Å². The number of hydrogen-bond donors (Lipinski definition) is 1. The van der Waals surface area contributed by atoms with Crippen molar-refractivity contribution in [2.75, 3.05) is 32.4 Å². The fraction of sp³-hybridized carbons (Fsp3) is 0.593. The summed E-state index contributed by atoms with van der Waals surface area (Å²) >= 11 is 6.46. The van der Waals surface area contributed by atoms with Crippen molar-refractivity contribution >= 4 is 39.3 Å². The molecule has 2 aliphatic rings. The van der Waals surface area contributed by atoms with Crippen LogP contribution in [0.3, 0.4) is 0 Å². The highest BCUT2D eigenvalue weighted by atomic mass is 35.5. The van der Waals surface area contributed by atoms with Gasteiger partial charge in [-0.15, -0.1) is 0 Å². The molecule has 2 aliphatic heterocycles. The Hall–Kier alpha value is -2.66. The van der Waals surface area contributed by atoms with Gasteiger partial charge in [-0.3, -0.25) is 9.59 Å². The molecule has 1 N–H and O–H groups in total. The number of ether oxygens (including phenoxy) is 1. The van der Waals surface area contributed by atoms with Gasteiger partial charge in [0.2, 0.25) is 5.91 Å². The Kier molecular flexibility index (Phi) is 9.37. The molecule has 9 nitrogen and oxygen atoms in total. The molecule has 0 radical (unpaired) electrons. The molecule has 3 atom stereocenters. The second-order valence-electron chi connectivity index (χ2n) is 11.3. The second-order valence-corrected chi connectivity index (χ2v) is 13.7. The van der Waals surface area contributed by atoms with Gasteiger partial charge in [-0.05, 0) is 39.3 Å². The Labute approximate surface area is 234 Å². The predicted molar refractivity (Wildman–Crippen MR) is 147 cm³/mol. The molecule has 39 heavy (non-hydrogen) atoms. The summed E-state index contributed by atoms with van der Waals surface area (Å²) in [6.07, 6.45) is 1.38. The van der Waals surface area contributed by atoms with Gasteiger partial charge in [-0.1, -0.05) is 35.9 Å². The van der Waals surface area contributed by atoms with E-state index in [0.717, 1.165) is 17.2 Å². The van der Waals surface area contributed by atoms with Crippen molar-refractivity contribution in [3.63, 3.8) is 0 Å². The Balaban J connectivity index is 1.71. The molecule has 216 valence electrons. The maximum absolute atomic E-state index is 15.6. The normalized spacial score (nSPS) is 22.5. The van der Waals surface area contributed by atoms with E-state index in [1.807, 2.05) is 12.1 Å². The minimum atomic E-state index is -3.38. The highest BCUT2D eigenvalue weighted by Gasteiger charge is 2.47. The maximum Gasteiger partial charge on any atom is 0.410 e. The van der Waals surface area contributed by atoms with Crippen LogP contribution in [-0.2, 0) is 24.2 Å². The molecule has 0 spiro atoms. The smallest absolute Gasteiger partial charge is 0.410 e. The Morgan fingerprint density at radius 1 is 1.15 bits per heavy atom. The van der Waals surface area contributed by atoms with Gasteiger partial charge in [0.05, 0.1) is 5.92 Å². The van der Waals surface area contributed by atoms with Crippen molar-refractivity contribution in [3.8, 4) is 0 Å². The highest BCUT2D eigenvalue weighted by molar-refractivity contribution is 7.93. The van der Waals surface area contributed by atoms with E-state index in [1.54, 1.807) is 39.8 Å². The molecule has 2 fully saturated rings. The molecule has 0 aromatic heterocycles. The van der Waals surface area contributed by atoms with E-state index in [-0.39, 0.29) is 50.8 Å². The SMILES string of the molecule is C[C@H](/C=C\S(C)(=O)=O)NC(=O)C1(F)CCN(C(=O)C2CN(C(=O)OC(C)(C)C)CC2c2ccccc2Cl)CC1. The molecular weight excluding hydrogens is 549 g/mol. The van der Waals surface area contributed by atoms with Crippen LogP contribution in [0.2, 0.25) is 5.02 Å².